The minimum atomic E-state index is 0.475. The van der Waals surface area contributed by atoms with E-state index in [4.69, 9.17) is 10.5 Å². The average molecular weight is 377 g/mol. The standard InChI is InChI=1S/C12H11Br2NOS/c13-9-4-10(17-7-9)6-16-12-8(5-15)2-1-3-11(12)14/h1-4,7H,5-6,15H2. The Morgan fingerprint density at radius 1 is 1.29 bits per heavy atom. The lowest BCUT2D eigenvalue weighted by Gasteiger charge is -2.11. The van der Waals surface area contributed by atoms with E-state index < -0.39 is 0 Å². The monoisotopic (exact) mass is 375 g/mol. The quantitative estimate of drug-likeness (QED) is 0.862. The fourth-order valence-electron chi connectivity index (χ4n) is 1.45. The van der Waals surface area contributed by atoms with E-state index >= 15 is 0 Å². The van der Waals surface area contributed by atoms with Crippen LogP contribution in [0.3, 0.4) is 0 Å². The van der Waals surface area contributed by atoms with Crippen LogP contribution < -0.4 is 10.5 Å². The van der Waals surface area contributed by atoms with Crippen LogP contribution in [0, 0.1) is 0 Å². The Kier molecular flexibility index (Phi) is 4.62. The van der Waals surface area contributed by atoms with E-state index in [2.05, 4.69) is 37.9 Å². The predicted molar refractivity (Wildman–Crippen MR) is 78.4 cm³/mol. The molecular formula is C12H11Br2NOS. The summed E-state index contributed by atoms with van der Waals surface area (Å²) in [6.45, 7) is 1.04. The Morgan fingerprint density at radius 3 is 2.76 bits per heavy atom. The third-order valence-corrected chi connectivity index (χ3v) is 4.54. The number of halogens is 2. The molecule has 0 saturated heterocycles. The number of thiophene rings is 1. The summed E-state index contributed by atoms with van der Waals surface area (Å²) < 4.78 is 7.85. The van der Waals surface area contributed by atoms with Crippen LogP contribution in [-0.4, -0.2) is 0 Å². The zero-order chi connectivity index (χ0) is 12.3. The molecule has 0 atom stereocenters. The van der Waals surface area contributed by atoms with Crippen molar-refractivity contribution in [3.8, 4) is 5.75 Å². The van der Waals surface area contributed by atoms with Crippen molar-refractivity contribution in [3.63, 3.8) is 0 Å². The van der Waals surface area contributed by atoms with Crippen LogP contribution in [0.15, 0.2) is 38.6 Å². The van der Waals surface area contributed by atoms with Crippen molar-refractivity contribution >= 4 is 43.2 Å². The summed E-state index contributed by atoms with van der Waals surface area (Å²) in [4.78, 5) is 1.18. The molecule has 2 N–H and O–H groups in total. The van der Waals surface area contributed by atoms with E-state index in [-0.39, 0.29) is 0 Å². The highest BCUT2D eigenvalue weighted by Gasteiger charge is 2.07. The summed E-state index contributed by atoms with van der Waals surface area (Å²) in [5, 5.41) is 2.04. The minimum Gasteiger partial charge on any atom is -0.487 e. The van der Waals surface area contributed by atoms with Gasteiger partial charge in [-0.3, -0.25) is 0 Å². The second-order valence-electron chi connectivity index (χ2n) is 3.45. The lowest BCUT2D eigenvalue weighted by atomic mass is 10.2. The number of nitrogens with two attached hydrogens (primary N) is 1. The smallest absolute Gasteiger partial charge is 0.138 e. The van der Waals surface area contributed by atoms with Gasteiger partial charge in [0.05, 0.1) is 4.47 Å². The van der Waals surface area contributed by atoms with Gasteiger partial charge in [0.25, 0.3) is 0 Å². The van der Waals surface area contributed by atoms with Crippen LogP contribution in [0.1, 0.15) is 10.4 Å². The van der Waals surface area contributed by atoms with Gasteiger partial charge in [-0.15, -0.1) is 11.3 Å². The van der Waals surface area contributed by atoms with Crippen LogP contribution in [-0.2, 0) is 13.2 Å². The van der Waals surface area contributed by atoms with Gasteiger partial charge in [-0.2, -0.15) is 0 Å². The maximum atomic E-state index is 5.82. The van der Waals surface area contributed by atoms with Crippen LogP contribution in [0.5, 0.6) is 5.75 Å². The van der Waals surface area contributed by atoms with Crippen molar-refractivity contribution in [2.45, 2.75) is 13.2 Å². The van der Waals surface area contributed by atoms with Gasteiger partial charge in [0.1, 0.15) is 12.4 Å². The molecule has 0 aliphatic carbocycles. The second kappa shape index (κ2) is 6.00. The Morgan fingerprint density at radius 2 is 2.12 bits per heavy atom. The van der Waals surface area contributed by atoms with Crippen molar-refractivity contribution in [1.82, 2.24) is 0 Å². The molecule has 0 fully saturated rings. The Hall–Kier alpha value is -0.360. The van der Waals surface area contributed by atoms with Gasteiger partial charge in [-0.05, 0) is 44.0 Å². The largest absolute Gasteiger partial charge is 0.487 e. The van der Waals surface area contributed by atoms with Gasteiger partial charge in [-0.1, -0.05) is 12.1 Å². The molecule has 2 rings (SSSR count). The maximum Gasteiger partial charge on any atom is 0.138 e. The lowest BCUT2D eigenvalue weighted by molar-refractivity contribution is 0.304. The fraction of sp³-hybridized carbons (Fsp3) is 0.167. The van der Waals surface area contributed by atoms with Gasteiger partial charge in [0.2, 0.25) is 0 Å². The first-order valence-corrected chi connectivity index (χ1v) is 7.50. The third kappa shape index (κ3) is 3.31. The minimum absolute atomic E-state index is 0.475. The first-order chi connectivity index (χ1) is 8.20. The molecule has 0 aliphatic heterocycles. The lowest BCUT2D eigenvalue weighted by Crippen LogP contribution is -2.02. The SMILES string of the molecule is NCc1cccc(Br)c1OCc1cc(Br)cs1. The zero-order valence-electron chi connectivity index (χ0n) is 8.95. The van der Waals surface area contributed by atoms with E-state index in [1.165, 1.54) is 4.88 Å². The van der Waals surface area contributed by atoms with Crippen LogP contribution in [0.25, 0.3) is 0 Å². The highest BCUT2D eigenvalue weighted by molar-refractivity contribution is 9.10. The summed E-state index contributed by atoms with van der Waals surface area (Å²) in [6, 6.07) is 7.95. The number of para-hydroxylation sites is 1. The molecule has 0 bridgehead atoms. The van der Waals surface area contributed by atoms with E-state index in [0.717, 1.165) is 20.3 Å². The summed E-state index contributed by atoms with van der Waals surface area (Å²) in [7, 11) is 0. The molecule has 0 spiro atoms. The van der Waals surface area contributed by atoms with Crippen LogP contribution in [0.2, 0.25) is 0 Å². The van der Waals surface area contributed by atoms with Crippen molar-refractivity contribution in [2.75, 3.05) is 0 Å². The Bertz CT molecular complexity index is 513. The normalized spacial score (nSPS) is 10.5. The van der Waals surface area contributed by atoms with Crippen molar-refractivity contribution in [3.05, 3.63) is 49.0 Å². The average Bonchev–Trinajstić information content (AvgIpc) is 2.73. The molecule has 5 heteroatoms. The molecule has 0 unspecified atom stereocenters. The summed E-state index contributed by atoms with van der Waals surface area (Å²) in [5.41, 5.74) is 6.70. The Balaban J connectivity index is 2.13. The summed E-state index contributed by atoms with van der Waals surface area (Å²) >= 11 is 8.58. The van der Waals surface area contributed by atoms with Crippen molar-refractivity contribution in [1.29, 1.82) is 0 Å². The van der Waals surface area contributed by atoms with Gasteiger partial charge < -0.3 is 10.5 Å². The van der Waals surface area contributed by atoms with Gasteiger partial charge in [0, 0.05) is 26.8 Å². The van der Waals surface area contributed by atoms with Gasteiger partial charge in [-0.25, -0.2) is 0 Å². The third-order valence-electron chi connectivity index (χ3n) is 2.25. The molecule has 1 heterocycles. The van der Waals surface area contributed by atoms with Gasteiger partial charge in [0.15, 0.2) is 0 Å². The number of ether oxygens (including phenoxy) is 1. The number of hydrogen-bond acceptors (Lipinski definition) is 3. The second-order valence-corrected chi connectivity index (χ2v) is 6.22. The first kappa shape index (κ1) is 13.1. The number of benzene rings is 1. The van der Waals surface area contributed by atoms with E-state index in [0.29, 0.717) is 13.2 Å². The number of hydrogen-bond donors (Lipinski definition) is 1. The first-order valence-electron chi connectivity index (χ1n) is 5.04. The highest BCUT2D eigenvalue weighted by atomic mass is 79.9. The predicted octanol–water partition coefficient (Wildman–Crippen LogP) is 4.31. The molecule has 0 radical (unpaired) electrons. The highest BCUT2D eigenvalue weighted by Crippen LogP contribution is 2.30. The van der Waals surface area contributed by atoms with Crippen molar-refractivity contribution < 1.29 is 4.74 Å². The summed E-state index contributed by atoms with van der Waals surface area (Å²) in [6.07, 6.45) is 0. The molecule has 17 heavy (non-hydrogen) atoms. The molecule has 0 amide bonds. The number of rotatable bonds is 4. The fourth-order valence-corrected chi connectivity index (χ4v) is 3.33. The molecule has 2 nitrogen and oxygen atoms in total. The zero-order valence-corrected chi connectivity index (χ0v) is 12.9. The molecule has 2 aromatic rings. The van der Waals surface area contributed by atoms with E-state index in [1.807, 2.05) is 23.6 Å². The topological polar surface area (TPSA) is 35.2 Å². The van der Waals surface area contributed by atoms with Gasteiger partial charge >= 0.3 is 0 Å². The van der Waals surface area contributed by atoms with Crippen molar-refractivity contribution in [2.24, 2.45) is 5.73 Å². The van der Waals surface area contributed by atoms with E-state index in [9.17, 15) is 0 Å². The molecule has 90 valence electrons. The molecule has 0 saturated carbocycles. The molecular weight excluding hydrogens is 366 g/mol. The Labute approximate surface area is 121 Å². The maximum absolute atomic E-state index is 5.82. The summed E-state index contributed by atoms with van der Waals surface area (Å²) in [5.74, 6) is 0.833. The molecule has 0 aliphatic rings. The van der Waals surface area contributed by atoms with Crippen LogP contribution in [0.4, 0.5) is 0 Å². The molecule has 1 aromatic carbocycles. The molecule has 1 aromatic heterocycles. The van der Waals surface area contributed by atoms with E-state index in [1.54, 1.807) is 11.3 Å². The van der Waals surface area contributed by atoms with Crippen LogP contribution >= 0.6 is 43.2 Å².